The van der Waals surface area contributed by atoms with Gasteiger partial charge in [0.15, 0.2) is 0 Å². The van der Waals surface area contributed by atoms with Crippen LogP contribution in [0.2, 0.25) is 0 Å². The summed E-state index contributed by atoms with van der Waals surface area (Å²) in [5, 5.41) is 6.70. The Hall–Kier alpha value is -2.50. The van der Waals surface area contributed by atoms with Crippen molar-refractivity contribution in [3.05, 3.63) is 35.0 Å². The number of carbonyl (C=O) groups excluding carboxylic acids is 2. The smallest absolute Gasteiger partial charge is 0.408 e. The SMILES string of the molecule is Cc1ccc2[nH]c3c(c2c1)CC(NC(=O)CNC(=O)OC(C)(C)C)C3. The Morgan fingerprint density at radius 2 is 2.04 bits per heavy atom. The first-order valence-electron chi connectivity index (χ1n) is 8.57. The number of fused-ring (bicyclic) bond motifs is 3. The van der Waals surface area contributed by atoms with Gasteiger partial charge >= 0.3 is 6.09 Å². The molecule has 0 spiro atoms. The Bertz CT molecular complexity index is 817. The Kier molecular flexibility index (Phi) is 4.45. The molecule has 2 amide bonds. The molecule has 134 valence electrons. The number of hydrogen-bond acceptors (Lipinski definition) is 3. The number of ether oxygens (including phenoxy) is 1. The molecular weight excluding hydrogens is 318 g/mol. The molecule has 2 aromatic rings. The van der Waals surface area contributed by atoms with Crippen molar-refractivity contribution in [1.29, 1.82) is 0 Å². The number of alkyl carbamates (subject to hydrolysis) is 1. The lowest BCUT2D eigenvalue weighted by atomic mass is 10.1. The van der Waals surface area contributed by atoms with Crippen LogP contribution in [0.1, 0.15) is 37.6 Å². The minimum atomic E-state index is -0.583. The Morgan fingerprint density at radius 1 is 1.28 bits per heavy atom. The van der Waals surface area contributed by atoms with E-state index in [1.807, 2.05) is 0 Å². The largest absolute Gasteiger partial charge is 0.444 e. The molecule has 1 aromatic carbocycles. The molecule has 3 N–H and O–H groups in total. The molecule has 0 aliphatic heterocycles. The predicted octanol–water partition coefficient (Wildman–Crippen LogP) is 2.58. The van der Waals surface area contributed by atoms with E-state index in [4.69, 9.17) is 4.74 Å². The van der Waals surface area contributed by atoms with Crippen LogP contribution in [0.3, 0.4) is 0 Å². The minimum absolute atomic E-state index is 0.0547. The van der Waals surface area contributed by atoms with E-state index in [1.165, 1.54) is 22.2 Å². The summed E-state index contributed by atoms with van der Waals surface area (Å²) >= 11 is 0. The molecule has 6 nitrogen and oxygen atoms in total. The number of aryl methyl sites for hydroxylation is 1. The molecule has 0 radical (unpaired) electrons. The number of rotatable bonds is 3. The second-order valence-corrected chi connectivity index (χ2v) is 7.66. The van der Waals surface area contributed by atoms with E-state index in [9.17, 15) is 9.59 Å². The number of carbonyl (C=O) groups is 2. The number of H-pyrrole nitrogens is 1. The van der Waals surface area contributed by atoms with Crippen LogP contribution in [0.5, 0.6) is 0 Å². The van der Waals surface area contributed by atoms with Gasteiger partial charge in [-0.3, -0.25) is 4.79 Å². The van der Waals surface area contributed by atoms with E-state index in [-0.39, 0.29) is 18.5 Å². The van der Waals surface area contributed by atoms with Gasteiger partial charge in [0, 0.05) is 29.1 Å². The van der Waals surface area contributed by atoms with Crippen molar-refractivity contribution in [1.82, 2.24) is 15.6 Å². The minimum Gasteiger partial charge on any atom is -0.444 e. The second kappa shape index (κ2) is 6.43. The monoisotopic (exact) mass is 343 g/mol. The van der Waals surface area contributed by atoms with Gasteiger partial charge in [0.25, 0.3) is 0 Å². The van der Waals surface area contributed by atoms with Crippen molar-refractivity contribution < 1.29 is 14.3 Å². The quantitative estimate of drug-likeness (QED) is 0.801. The van der Waals surface area contributed by atoms with E-state index < -0.39 is 11.7 Å². The van der Waals surface area contributed by atoms with Crippen LogP contribution >= 0.6 is 0 Å². The molecule has 1 atom stereocenters. The first-order chi connectivity index (χ1) is 11.7. The molecule has 0 fully saturated rings. The van der Waals surface area contributed by atoms with Gasteiger partial charge in [-0.05, 0) is 51.8 Å². The first-order valence-corrected chi connectivity index (χ1v) is 8.57. The highest BCUT2D eigenvalue weighted by atomic mass is 16.6. The lowest BCUT2D eigenvalue weighted by molar-refractivity contribution is -0.120. The van der Waals surface area contributed by atoms with Crippen LogP contribution in [-0.4, -0.2) is 35.2 Å². The first kappa shape index (κ1) is 17.3. The number of benzene rings is 1. The number of amides is 2. The fourth-order valence-electron chi connectivity index (χ4n) is 3.24. The molecule has 1 aliphatic rings. The standard InChI is InChI=1S/C19H25N3O3/c1-11-5-6-15-13(7-11)14-8-12(9-16(14)22-15)21-17(23)10-20-18(24)25-19(2,3)4/h5-7,12,22H,8-10H2,1-4H3,(H,20,24)(H,21,23). The molecule has 0 saturated carbocycles. The van der Waals surface area contributed by atoms with Crippen LogP contribution in [0, 0.1) is 6.92 Å². The Morgan fingerprint density at radius 3 is 2.76 bits per heavy atom. The third-order valence-corrected chi connectivity index (χ3v) is 4.21. The van der Waals surface area contributed by atoms with Crippen LogP contribution < -0.4 is 10.6 Å². The molecule has 3 rings (SSSR count). The molecule has 0 saturated heterocycles. The van der Waals surface area contributed by atoms with Gasteiger partial charge in [-0.1, -0.05) is 11.6 Å². The Balaban J connectivity index is 1.53. The molecule has 25 heavy (non-hydrogen) atoms. The lowest BCUT2D eigenvalue weighted by Crippen LogP contribution is -2.43. The van der Waals surface area contributed by atoms with Crippen LogP contribution in [-0.2, 0) is 22.4 Å². The molecule has 6 heteroatoms. The summed E-state index contributed by atoms with van der Waals surface area (Å²) in [6, 6.07) is 6.43. The third kappa shape index (κ3) is 4.13. The molecule has 1 aromatic heterocycles. The maximum atomic E-state index is 12.1. The summed E-state index contributed by atoms with van der Waals surface area (Å²) in [7, 11) is 0. The van der Waals surface area contributed by atoms with Crippen LogP contribution in [0.15, 0.2) is 18.2 Å². The van der Waals surface area contributed by atoms with E-state index in [2.05, 4.69) is 40.7 Å². The Labute approximate surface area is 147 Å². The van der Waals surface area contributed by atoms with Crippen molar-refractivity contribution in [2.75, 3.05) is 6.54 Å². The molecule has 1 unspecified atom stereocenters. The van der Waals surface area contributed by atoms with E-state index in [0.29, 0.717) is 0 Å². The zero-order valence-corrected chi connectivity index (χ0v) is 15.2. The van der Waals surface area contributed by atoms with Gasteiger partial charge in [0.05, 0.1) is 0 Å². The van der Waals surface area contributed by atoms with Gasteiger partial charge in [0.2, 0.25) is 5.91 Å². The average molecular weight is 343 g/mol. The predicted molar refractivity (Wildman–Crippen MR) is 96.6 cm³/mol. The summed E-state index contributed by atoms with van der Waals surface area (Å²) in [6.07, 6.45) is 0.999. The summed E-state index contributed by atoms with van der Waals surface area (Å²) in [5.74, 6) is -0.207. The summed E-state index contributed by atoms with van der Waals surface area (Å²) < 4.78 is 5.12. The van der Waals surface area contributed by atoms with Gasteiger partial charge in [0.1, 0.15) is 12.1 Å². The number of aromatic nitrogens is 1. The van der Waals surface area contributed by atoms with E-state index in [0.717, 1.165) is 18.4 Å². The van der Waals surface area contributed by atoms with Crippen LogP contribution in [0.4, 0.5) is 4.79 Å². The maximum Gasteiger partial charge on any atom is 0.408 e. The lowest BCUT2D eigenvalue weighted by Gasteiger charge is -2.20. The van der Waals surface area contributed by atoms with Crippen LogP contribution in [0.25, 0.3) is 10.9 Å². The fraction of sp³-hybridized carbons (Fsp3) is 0.474. The summed E-state index contributed by atoms with van der Waals surface area (Å²) in [6.45, 7) is 7.34. The third-order valence-electron chi connectivity index (χ3n) is 4.21. The highest BCUT2D eigenvalue weighted by Crippen LogP contribution is 2.30. The number of aromatic amines is 1. The summed E-state index contributed by atoms with van der Waals surface area (Å²) in [4.78, 5) is 27.1. The van der Waals surface area contributed by atoms with Gasteiger partial charge in [-0.25, -0.2) is 4.79 Å². The maximum absolute atomic E-state index is 12.1. The molecular formula is C19H25N3O3. The van der Waals surface area contributed by atoms with E-state index in [1.54, 1.807) is 20.8 Å². The number of nitrogens with one attached hydrogen (secondary N) is 3. The van der Waals surface area contributed by atoms with Crippen molar-refractivity contribution in [2.45, 2.75) is 52.2 Å². The van der Waals surface area contributed by atoms with Crippen molar-refractivity contribution >= 4 is 22.9 Å². The van der Waals surface area contributed by atoms with Crippen molar-refractivity contribution in [2.24, 2.45) is 0 Å². The molecule has 0 bridgehead atoms. The highest BCUT2D eigenvalue weighted by molar-refractivity contribution is 5.87. The second-order valence-electron chi connectivity index (χ2n) is 7.66. The van der Waals surface area contributed by atoms with Gasteiger partial charge < -0.3 is 20.4 Å². The van der Waals surface area contributed by atoms with Gasteiger partial charge in [-0.15, -0.1) is 0 Å². The zero-order chi connectivity index (χ0) is 18.2. The zero-order valence-electron chi connectivity index (χ0n) is 15.2. The molecule has 1 heterocycles. The topological polar surface area (TPSA) is 83.2 Å². The van der Waals surface area contributed by atoms with E-state index >= 15 is 0 Å². The average Bonchev–Trinajstić information content (AvgIpc) is 3.01. The van der Waals surface area contributed by atoms with Crippen molar-refractivity contribution in [3.63, 3.8) is 0 Å². The highest BCUT2D eigenvalue weighted by Gasteiger charge is 2.26. The normalized spacial score (nSPS) is 16.6. The fourth-order valence-corrected chi connectivity index (χ4v) is 3.24. The molecule has 1 aliphatic carbocycles. The number of hydrogen-bond donors (Lipinski definition) is 3. The summed E-state index contributed by atoms with van der Waals surface area (Å²) in [5.41, 5.74) is 4.26. The van der Waals surface area contributed by atoms with Gasteiger partial charge in [-0.2, -0.15) is 0 Å². The van der Waals surface area contributed by atoms with Crippen molar-refractivity contribution in [3.8, 4) is 0 Å².